The number of fused-ring (bicyclic) bond motifs is 1. The number of hydrogen-bond donors (Lipinski definition) is 1. The number of carbonyl (C=O) groups excluding carboxylic acids is 1. The van der Waals surface area contributed by atoms with Crippen LogP contribution < -0.4 is 24.2 Å². The molecule has 1 amide bonds. The second kappa shape index (κ2) is 17.8. The summed E-state index contributed by atoms with van der Waals surface area (Å²) in [6, 6.07) is 22.1. The number of aliphatic hydroxyl groups is 1. The van der Waals surface area contributed by atoms with E-state index in [0.717, 1.165) is 76.0 Å². The SMILES string of the molecule is COc1ccc(CN(Cc2ccc(OC)cc2)c2ncc(-c3nc(N4CCOCC4)nc4c3CCN4c3cccc(C(=O)N4CCN(CCO)CC4)c3C)cn2)cc1. The molecule has 8 rings (SSSR count). The van der Waals surface area contributed by atoms with Gasteiger partial charge in [-0.25, -0.2) is 15.0 Å². The lowest BCUT2D eigenvalue weighted by atomic mass is 10.0. The molecular formula is C44H51N9O5. The zero-order valence-electron chi connectivity index (χ0n) is 33.5. The highest BCUT2D eigenvalue weighted by Gasteiger charge is 2.32. The number of ether oxygens (including phenoxy) is 3. The summed E-state index contributed by atoms with van der Waals surface area (Å²) in [4.78, 5) is 44.9. The number of rotatable bonds is 13. The minimum atomic E-state index is 0.0325. The molecule has 0 bridgehead atoms. The summed E-state index contributed by atoms with van der Waals surface area (Å²) in [6.07, 6.45) is 4.47. The molecule has 0 unspecified atom stereocenters. The van der Waals surface area contributed by atoms with Gasteiger partial charge in [0.25, 0.3) is 5.91 Å². The molecule has 5 heterocycles. The van der Waals surface area contributed by atoms with Crippen molar-refractivity contribution in [1.82, 2.24) is 29.7 Å². The Kier molecular flexibility index (Phi) is 11.9. The fraction of sp³-hybridized carbons (Fsp3) is 0.386. The molecule has 2 saturated heterocycles. The van der Waals surface area contributed by atoms with E-state index in [1.54, 1.807) is 14.2 Å². The van der Waals surface area contributed by atoms with E-state index in [4.69, 9.17) is 34.1 Å². The maximum Gasteiger partial charge on any atom is 0.254 e. The summed E-state index contributed by atoms with van der Waals surface area (Å²) in [6.45, 7) is 10.0. The number of amides is 1. The second-order valence-corrected chi connectivity index (χ2v) is 14.8. The molecule has 0 spiro atoms. The molecule has 58 heavy (non-hydrogen) atoms. The average Bonchev–Trinajstić information content (AvgIpc) is 3.71. The van der Waals surface area contributed by atoms with E-state index < -0.39 is 0 Å². The normalized spacial score (nSPS) is 15.7. The number of aliphatic hydroxyl groups excluding tert-OH is 1. The van der Waals surface area contributed by atoms with Gasteiger partial charge in [-0.1, -0.05) is 30.3 Å². The molecule has 14 heteroatoms. The monoisotopic (exact) mass is 785 g/mol. The second-order valence-electron chi connectivity index (χ2n) is 14.8. The quantitative estimate of drug-likeness (QED) is 0.176. The van der Waals surface area contributed by atoms with Crippen molar-refractivity contribution in [1.29, 1.82) is 0 Å². The van der Waals surface area contributed by atoms with Gasteiger partial charge in [0.2, 0.25) is 11.9 Å². The number of benzene rings is 3. The molecule has 2 fully saturated rings. The number of hydrogen-bond acceptors (Lipinski definition) is 13. The van der Waals surface area contributed by atoms with Crippen molar-refractivity contribution < 1.29 is 24.1 Å². The van der Waals surface area contributed by atoms with Gasteiger partial charge in [0.1, 0.15) is 17.3 Å². The number of β-amino-alcohol motifs (C(OH)–C–C–N with tert-alkyl or cyclic N) is 1. The molecule has 1 N–H and O–H groups in total. The topological polar surface area (TPSA) is 133 Å². The maximum atomic E-state index is 13.9. The minimum Gasteiger partial charge on any atom is -0.497 e. The average molecular weight is 786 g/mol. The van der Waals surface area contributed by atoms with Gasteiger partial charge in [-0.15, -0.1) is 0 Å². The van der Waals surface area contributed by atoms with E-state index in [1.165, 1.54) is 0 Å². The molecule has 0 aliphatic carbocycles. The van der Waals surface area contributed by atoms with Crippen LogP contribution in [-0.2, 0) is 24.2 Å². The third-order valence-electron chi connectivity index (χ3n) is 11.3. The third kappa shape index (κ3) is 8.40. The van der Waals surface area contributed by atoms with Crippen LogP contribution in [-0.4, -0.2) is 127 Å². The zero-order chi connectivity index (χ0) is 40.0. The van der Waals surface area contributed by atoms with Crippen molar-refractivity contribution in [3.05, 3.63) is 107 Å². The van der Waals surface area contributed by atoms with E-state index >= 15 is 0 Å². The summed E-state index contributed by atoms with van der Waals surface area (Å²) in [5, 5.41) is 9.37. The molecule has 3 aliphatic rings. The van der Waals surface area contributed by atoms with Crippen molar-refractivity contribution >= 4 is 29.3 Å². The van der Waals surface area contributed by atoms with Crippen LogP contribution in [0.5, 0.6) is 11.5 Å². The smallest absolute Gasteiger partial charge is 0.254 e. The number of anilines is 4. The summed E-state index contributed by atoms with van der Waals surface area (Å²) >= 11 is 0. The van der Waals surface area contributed by atoms with Crippen LogP contribution in [0.15, 0.2) is 79.1 Å². The molecule has 5 aromatic rings. The van der Waals surface area contributed by atoms with Gasteiger partial charge in [-0.2, -0.15) is 4.98 Å². The lowest BCUT2D eigenvalue weighted by molar-refractivity contribution is 0.0614. The first kappa shape index (κ1) is 39.0. The van der Waals surface area contributed by atoms with E-state index in [-0.39, 0.29) is 12.5 Å². The van der Waals surface area contributed by atoms with Crippen LogP contribution in [0.4, 0.5) is 23.4 Å². The number of piperazine rings is 1. The molecule has 302 valence electrons. The van der Waals surface area contributed by atoms with Gasteiger partial charge in [0.05, 0.1) is 39.7 Å². The van der Waals surface area contributed by atoms with E-state index in [9.17, 15) is 9.90 Å². The van der Waals surface area contributed by atoms with Crippen molar-refractivity contribution in [2.45, 2.75) is 26.4 Å². The van der Waals surface area contributed by atoms with Gasteiger partial charge in [0.15, 0.2) is 0 Å². The largest absolute Gasteiger partial charge is 0.497 e. The molecule has 14 nitrogen and oxygen atoms in total. The van der Waals surface area contributed by atoms with Crippen LogP contribution >= 0.6 is 0 Å². The molecule has 3 aliphatic heterocycles. The number of methoxy groups -OCH3 is 2. The van der Waals surface area contributed by atoms with Crippen molar-refractivity contribution in [3.63, 3.8) is 0 Å². The first-order chi connectivity index (χ1) is 28.4. The van der Waals surface area contributed by atoms with E-state index in [1.807, 2.05) is 60.6 Å². The first-order valence-corrected chi connectivity index (χ1v) is 20.0. The Labute approximate surface area is 339 Å². The Morgan fingerprint density at radius 3 is 2.05 bits per heavy atom. The Morgan fingerprint density at radius 2 is 1.45 bits per heavy atom. The van der Waals surface area contributed by atoms with Gasteiger partial charge in [-0.3, -0.25) is 9.69 Å². The van der Waals surface area contributed by atoms with Crippen LogP contribution in [0.2, 0.25) is 0 Å². The molecule has 0 radical (unpaired) electrons. The number of carbonyl (C=O) groups is 1. The fourth-order valence-electron chi connectivity index (χ4n) is 7.96. The fourth-order valence-corrected chi connectivity index (χ4v) is 7.96. The first-order valence-electron chi connectivity index (χ1n) is 20.0. The summed E-state index contributed by atoms with van der Waals surface area (Å²) in [5.41, 5.74) is 7.43. The third-order valence-corrected chi connectivity index (χ3v) is 11.3. The van der Waals surface area contributed by atoms with E-state index in [2.05, 4.69) is 49.9 Å². The van der Waals surface area contributed by atoms with Crippen LogP contribution in [0.25, 0.3) is 11.3 Å². The standard InChI is InChI=1S/C44H51N9O5/c1-31-37(42(55)50-19-17-49(18-20-50)21-24-54)5-4-6-39(31)53-16-15-38-40(47-44(48-41(38)53)51-22-25-58-26-23-51)34-27-45-43(46-28-34)52(29-32-7-11-35(56-2)12-8-32)30-33-9-13-36(57-3)14-10-33/h4-14,27-28,54H,15-26,29-30H2,1-3H3. The predicted octanol–water partition coefficient (Wildman–Crippen LogP) is 4.75. The highest BCUT2D eigenvalue weighted by atomic mass is 16.5. The zero-order valence-corrected chi connectivity index (χ0v) is 33.5. The van der Waals surface area contributed by atoms with Crippen molar-refractivity contribution in [3.8, 4) is 22.8 Å². The predicted molar refractivity (Wildman–Crippen MR) is 223 cm³/mol. The molecule has 3 aromatic carbocycles. The summed E-state index contributed by atoms with van der Waals surface area (Å²) in [7, 11) is 3.34. The number of aromatic nitrogens is 4. The van der Waals surface area contributed by atoms with Gasteiger partial charge in [0, 0.05) is 100 Å². The number of morpholine rings is 1. The lowest BCUT2D eigenvalue weighted by Gasteiger charge is -2.35. The molecule has 0 saturated carbocycles. The minimum absolute atomic E-state index is 0.0325. The number of nitrogens with zero attached hydrogens (tertiary/aromatic N) is 9. The molecule has 0 atom stereocenters. The molecule has 2 aromatic heterocycles. The van der Waals surface area contributed by atoms with Crippen LogP contribution in [0.3, 0.4) is 0 Å². The molecular weight excluding hydrogens is 735 g/mol. The van der Waals surface area contributed by atoms with Crippen molar-refractivity contribution in [2.24, 2.45) is 0 Å². The van der Waals surface area contributed by atoms with Crippen LogP contribution in [0.1, 0.15) is 32.6 Å². The lowest BCUT2D eigenvalue weighted by Crippen LogP contribution is -2.49. The summed E-state index contributed by atoms with van der Waals surface area (Å²) < 4.78 is 16.5. The summed E-state index contributed by atoms with van der Waals surface area (Å²) in [5.74, 6) is 3.72. The Balaban J connectivity index is 1.11. The highest BCUT2D eigenvalue weighted by Crippen LogP contribution is 2.41. The Morgan fingerprint density at radius 1 is 0.810 bits per heavy atom. The maximum absolute atomic E-state index is 13.9. The van der Waals surface area contributed by atoms with Crippen molar-refractivity contribution in [2.75, 3.05) is 101 Å². The Hall–Kier alpha value is -5.83. The van der Waals surface area contributed by atoms with Gasteiger partial charge < -0.3 is 38.9 Å². The van der Waals surface area contributed by atoms with Crippen LogP contribution in [0, 0.1) is 6.92 Å². The van der Waals surface area contributed by atoms with E-state index in [0.29, 0.717) is 83.0 Å². The van der Waals surface area contributed by atoms with Gasteiger partial charge >= 0.3 is 0 Å². The van der Waals surface area contributed by atoms with Gasteiger partial charge in [-0.05, 0) is 66.4 Å². The Bertz CT molecular complexity index is 2120. The highest BCUT2D eigenvalue weighted by molar-refractivity contribution is 5.97.